The zero-order valence-corrected chi connectivity index (χ0v) is 13.0. The zero-order chi connectivity index (χ0) is 19.4. The number of hydrogen-bond acceptors (Lipinski definition) is 4. The van der Waals surface area contributed by atoms with Crippen molar-refractivity contribution in [3.8, 4) is 0 Å². The van der Waals surface area contributed by atoms with Crippen molar-refractivity contribution < 1.29 is 39.6 Å². The van der Waals surface area contributed by atoms with Gasteiger partial charge in [-0.3, -0.25) is 0 Å². The Morgan fingerprint density at radius 3 is 1.62 bits per heavy atom. The summed E-state index contributed by atoms with van der Waals surface area (Å²) in [5.41, 5.74) is -0.496. The summed E-state index contributed by atoms with van der Waals surface area (Å²) in [6.07, 6.45) is 2.68. The number of aromatic carboxylic acids is 4. The summed E-state index contributed by atoms with van der Waals surface area (Å²) < 4.78 is 0. The summed E-state index contributed by atoms with van der Waals surface area (Å²) in [6.45, 7) is 0. The Balaban J connectivity index is 2.50. The molecule has 8 nitrogen and oxygen atoms in total. The van der Waals surface area contributed by atoms with E-state index in [4.69, 9.17) is 15.3 Å². The molecular weight excluding hydrogens is 344 g/mol. The minimum atomic E-state index is -1.33. The molecule has 0 radical (unpaired) electrons. The molecule has 0 aliphatic rings. The number of rotatable bonds is 6. The van der Waals surface area contributed by atoms with Crippen LogP contribution in [-0.2, 0) is 0 Å². The van der Waals surface area contributed by atoms with Gasteiger partial charge in [0.25, 0.3) is 0 Å². The maximum absolute atomic E-state index is 11.3. The molecule has 8 heteroatoms. The fraction of sp³-hybridized carbons (Fsp3) is 0. The van der Waals surface area contributed by atoms with E-state index >= 15 is 0 Å². The van der Waals surface area contributed by atoms with E-state index in [1.165, 1.54) is 36.4 Å². The first-order chi connectivity index (χ1) is 12.2. The van der Waals surface area contributed by atoms with Crippen LogP contribution in [0.3, 0.4) is 0 Å². The van der Waals surface area contributed by atoms with Crippen molar-refractivity contribution in [2.75, 3.05) is 0 Å². The van der Waals surface area contributed by atoms with Gasteiger partial charge in [0.05, 0.1) is 22.3 Å². The normalized spacial score (nSPS) is 10.6. The van der Waals surface area contributed by atoms with Crippen molar-refractivity contribution in [1.82, 2.24) is 0 Å². The van der Waals surface area contributed by atoms with E-state index in [1.807, 2.05) is 0 Å². The topological polar surface area (TPSA) is 149 Å². The summed E-state index contributed by atoms with van der Waals surface area (Å²) in [6, 6.07) is 7.00. The minimum Gasteiger partial charge on any atom is -0.478 e. The SMILES string of the molecule is O=C(O)c1cc(/C=C/c2ccc(C(=O)O)cc2C(=O)O)cc(C(=O)O)c1. The number of carboxylic acid groups (broad SMARTS) is 4. The predicted octanol–water partition coefficient (Wildman–Crippen LogP) is 2.65. The van der Waals surface area contributed by atoms with E-state index < -0.39 is 23.9 Å². The Labute approximate surface area is 146 Å². The molecule has 0 aromatic heterocycles. The molecule has 2 rings (SSSR count). The number of carbonyl (C=O) groups is 4. The lowest BCUT2D eigenvalue weighted by Gasteiger charge is -2.04. The van der Waals surface area contributed by atoms with E-state index in [0.29, 0.717) is 0 Å². The van der Waals surface area contributed by atoms with Crippen LogP contribution in [0, 0.1) is 0 Å². The third-order valence-corrected chi connectivity index (χ3v) is 3.44. The Bertz CT molecular complexity index is 923. The highest BCUT2D eigenvalue weighted by molar-refractivity contribution is 5.98. The summed E-state index contributed by atoms with van der Waals surface area (Å²) in [5.74, 6) is -5.22. The van der Waals surface area contributed by atoms with E-state index in [9.17, 15) is 24.3 Å². The molecule has 0 bridgehead atoms. The van der Waals surface area contributed by atoms with Gasteiger partial charge in [-0.15, -0.1) is 0 Å². The van der Waals surface area contributed by atoms with Gasteiger partial charge in [-0.05, 0) is 41.5 Å². The molecule has 0 heterocycles. The van der Waals surface area contributed by atoms with Crippen LogP contribution >= 0.6 is 0 Å². The average molecular weight is 356 g/mol. The lowest BCUT2D eigenvalue weighted by atomic mass is 10.0. The van der Waals surface area contributed by atoms with Crippen molar-refractivity contribution in [1.29, 1.82) is 0 Å². The Hall–Kier alpha value is -3.94. The molecule has 0 aliphatic heterocycles. The second-order valence-electron chi connectivity index (χ2n) is 5.20. The highest BCUT2D eigenvalue weighted by atomic mass is 16.4. The summed E-state index contributed by atoms with van der Waals surface area (Å²) in [4.78, 5) is 44.5. The maximum atomic E-state index is 11.3. The summed E-state index contributed by atoms with van der Waals surface area (Å²) >= 11 is 0. The van der Waals surface area contributed by atoms with Crippen LogP contribution in [-0.4, -0.2) is 44.3 Å². The first-order valence-corrected chi connectivity index (χ1v) is 7.09. The maximum Gasteiger partial charge on any atom is 0.336 e. The van der Waals surface area contributed by atoms with Gasteiger partial charge in [0.15, 0.2) is 0 Å². The molecule has 4 N–H and O–H groups in total. The van der Waals surface area contributed by atoms with Gasteiger partial charge in [-0.1, -0.05) is 18.2 Å². The Kier molecular flexibility index (Phi) is 5.17. The lowest BCUT2D eigenvalue weighted by molar-refractivity contribution is 0.0676. The monoisotopic (exact) mass is 356 g/mol. The molecule has 0 aliphatic carbocycles. The van der Waals surface area contributed by atoms with Gasteiger partial charge in [-0.2, -0.15) is 0 Å². The quantitative estimate of drug-likeness (QED) is 0.577. The van der Waals surface area contributed by atoms with E-state index in [-0.39, 0.29) is 33.4 Å². The van der Waals surface area contributed by atoms with Crippen molar-refractivity contribution in [3.05, 3.63) is 69.8 Å². The van der Waals surface area contributed by atoms with Gasteiger partial charge >= 0.3 is 23.9 Å². The van der Waals surface area contributed by atoms with Gasteiger partial charge < -0.3 is 20.4 Å². The van der Waals surface area contributed by atoms with Gasteiger partial charge in [0.2, 0.25) is 0 Å². The second kappa shape index (κ2) is 7.31. The van der Waals surface area contributed by atoms with Gasteiger partial charge in [0, 0.05) is 0 Å². The average Bonchev–Trinajstić information content (AvgIpc) is 2.59. The number of carboxylic acids is 4. The summed E-state index contributed by atoms with van der Waals surface area (Å²) in [5, 5.41) is 36.3. The molecule has 132 valence electrons. The molecule has 0 saturated carbocycles. The largest absolute Gasteiger partial charge is 0.478 e. The fourth-order valence-electron chi connectivity index (χ4n) is 2.20. The van der Waals surface area contributed by atoms with Crippen molar-refractivity contribution in [2.24, 2.45) is 0 Å². The fourth-order valence-corrected chi connectivity index (χ4v) is 2.20. The third kappa shape index (κ3) is 4.12. The molecule has 0 unspecified atom stereocenters. The molecule has 0 saturated heterocycles. The third-order valence-electron chi connectivity index (χ3n) is 3.44. The highest BCUT2D eigenvalue weighted by Gasteiger charge is 2.13. The van der Waals surface area contributed by atoms with E-state index in [1.54, 1.807) is 0 Å². The van der Waals surface area contributed by atoms with Crippen LogP contribution in [0.5, 0.6) is 0 Å². The Morgan fingerprint density at radius 1 is 0.615 bits per heavy atom. The van der Waals surface area contributed by atoms with Crippen LogP contribution in [0.25, 0.3) is 12.2 Å². The van der Waals surface area contributed by atoms with Crippen LogP contribution in [0.2, 0.25) is 0 Å². The van der Waals surface area contributed by atoms with Crippen LogP contribution in [0.4, 0.5) is 0 Å². The van der Waals surface area contributed by atoms with Gasteiger partial charge in [0.1, 0.15) is 0 Å². The van der Waals surface area contributed by atoms with E-state index in [0.717, 1.165) is 12.1 Å². The van der Waals surface area contributed by atoms with Crippen LogP contribution in [0.15, 0.2) is 36.4 Å². The molecular formula is C18H12O8. The number of benzene rings is 2. The standard InChI is InChI=1S/C18H12O8/c19-15(20)11-4-3-10(14(8-11)18(25)26)2-1-9-5-12(16(21)22)7-13(6-9)17(23)24/h1-8H,(H,19,20)(H,21,22)(H,23,24)(H,25,26)/b2-1+. The van der Waals surface area contributed by atoms with Crippen LogP contribution < -0.4 is 0 Å². The lowest BCUT2D eigenvalue weighted by Crippen LogP contribution is -2.04. The highest BCUT2D eigenvalue weighted by Crippen LogP contribution is 2.18. The summed E-state index contributed by atoms with van der Waals surface area (Å²) in [7, 11) is 0. The smallest absolute Gasteiger partial charge is 0.336 e. The molecule has 26 heavy (non-hydrogen) atoms. The van der Waals surface area contributed by atoms with Crippen molar-refractivity contribution in [3.63, 3.8) is 0 Å². The molecule has 0 fully saturated rings. The molecule has 0 amide bonds. The Morgan fingerprint density at radius 2 is 1.15 bits per heavy atom. The van der Waals surface area contributed by atoms with E-state index in [2.05, 4.69) is 0 Å². The zero-order valence-electron chi connectivity index (χ0n) is 13.0. The number of hydrogen-bond donors (Lipinski definition) is 4. The molecule has 2 aromatic carbocycles. The van der Waals surface area contributed by atoms with Crippen LogP contribution in [0.1, 0.15) is 52.6 Å². The van der Waals surface area contributed by atoms with Crippen molar-refractivity contribution in [2.45, 2.75) is 0 Å². The second-order valence-corrected chi connectivity index (χ2v) is 5.20. The first-order valence-electron chi connectivity index (χ1n) is 7.09. The predicted molar refractivity (Wildman–Crippen MR) is 89.6 cm³/mol. The van der Waals surface area contributed by atoms with Crippen molar-refractivity contribution >= 4 is 36.0 Å². The molecule has 0 spiro atoms. The first kappa shape index (κ1) is 18.4. The molecule has 0 atom stereocenters. The molecule has 2 aromatic rings. The minimum absolute atomic E-state index is 0.181. The van der Waals surface area contributed by atoms with Gasteiger partial charge in [-0.25, -0.2) is 19.2 Å².